The predicted octanol–water partition coefficient (Wildman–Crippen LogP) is 8.23. The van der Waals surface area contributed by atoms with Gasteiger partial charge < -0.3 is 15.5 Å². The highest BCUT2D eigenvalue weighted by molar-refractivity contribution is 5.76. The molecular weight excluding hydrogens is 422 g/mol. The van der Waals surface area contributed by atoms with Crippen LogP contribution < -0.4 is 5.32 Å². The Hall–Kier alpha value is -0.610. The third-order valence-electron chi connectivity index (χ3n) is 7.12. The molecule has 0 heterocycles. The molecular formula is C30H61NO3. The van der Waals surface area contributed by atoms with Crippen molar-refractivity contribution in [3.05, 3.63) is 0 Å². The van der Waals surface area contributed by atoms with Gasteiger partial charge in [0, 0.05) is 6.42 Å². The third-order valence-corrected chi connectivity index (χ3v) is 7.12. The second-order valence-corrected chi connectivity index (χ2v) is 10.5. The van der Waals surface area contributed by atoms with E-state index in [1.807, 2.05) is 0 Å². The Kier molecular flexibility index (Phi) is 26.5. The second-order valence-electron chi connectivity index (χ2n) is 10.5. The van der Waals surface area contributed by atoms with Gasteiger partial charge >= 0.3 is 0 Å². The van der Waals surface area contributed by atoms with E-state index in [4.69, 9.17) is 0 Å². The fourth-order valence-corrected chi connectivity index (χ4v) is 4.71. The Morgan fingerprint density at radius 2 is 0.941 bits per heavy atom. The zero-order chi connectivity index (χ0) is 25.1. The van der Waals surface area contributed by atoms with Crippen LogP contribution in [-0.2, 0) is 4.79 Å². The maximum absolute atomic E-state index is 12.1. The minimum absolute atomic E-state index is 0.0387. The van der Waals surface area contributed by atoms with Gasteiger partial charge in [-0.05, 0) is 12.8 Å². The van der Waals surface area contributed by atoms with E-state index in [-0.39, 0.29) is 12.5 Å². The van der Waals surface area contributed by atoms with Gasteiger partial charge in [0.1, 0.15) is 0 Å². The number of nitrogens with one attached hydrogen (secondary N) is 1. The van der Waals surface area contributed by atoms with Gasteiger partial charge in [0.2, 0.25) is 5.91 Å². The zero-order valence-corrected chi connectivity index (χ0v) is 23.1. The predicted molar refractivity (Wildman–Crippen MR) is 147 cm³/mol. The Morgan fingerprint density at radius 1 is 0.588 bits per heavy atom. The van der Waals surface area contributed by atoms with Crippen LogP contribution in [0.25, 0.3) is 0 Å². The molecule has 0 aromatic rings. The summed E-state index contributed by atoms with van der Waals surface area (Å²) in [6, 6.07) is -0.524. The van der Waals surface area contributed by atoms with Gasteiger partial charge in [0.05, 0.1) is 18.8 Å². The lowest BCUT2D eigenvalue weighted by Crippen LogP contribution is -2.45. The van der Waals surface area contributed by atoms with Crippen molar-refractivity contribution in [1.29, 1.82) is 0 Å². The average molecular weight is 484 g/mol. The van der Waals surface area contributed by atoms with Crippen molar-refractivity contribution in [2.45, 2.75) is 180 Å². The summed E-state index contributed by atoms with van der Waals surface area (Å²) in [7, 11) is 0. The van der Waals surface area contributed by atoms with E-state index < -0.39 is 12.1 Å². The number of carbonyl (C=O) groups excluding carboxylic acids is 1. The van der Waals surface area contributed by atoms with Crippen LogP contribution in [0.15, 0.2) is 0 Å². The number of rotatable bonds is 27. The molecule has 0 bridgehead atoms. The largest absolute Gasteiger partial charge is 0.394 e. The number of aliphatic hydroxyl groups is 2. The smallest absolute Gasteiger partial charge is 0.220 e. The number of carbonyl (C=O) groups is 1. The summed E-state index contributed by atoms with van der Waals surface area (Å²) in [6.07, 6.45) is 28.7. The monoisotopic (exact) mass is 483 g/mol. The first-order valence-corrected chi connectivity index (χ1v) is 15.2. The number of aliphatic hydroxyl groups excluding tert-OH is 2. The molecule has 0 aromatic carbocycles. The molecule has 0 rings (SSSR count). The normalized spacial score (nSPS) is 13.2. The molecule has 2 unspecified atom stereocenters. The lowest BCUT2D eigenvalue weighted by molar-refractivity contribution is -0.123. The van der Waals surface area contributed by atoms with E-state index in [2.05, 4.69) is 19.2 Å². The van der Waals surface area contributed by atoms with Gasteiger partial charge in [-0.15, -0.1) is 0 Å². The fraction of sp³-hybridized carbons (Fsp3) is 0.967. The molecule has 34 heavy (non-hydrogen) atoms. The Bertz CT molecular complexity index is 416. The first kappa shape index (κ1) is 33.4. The standard InChI is InChI=1S/C30H61NO3/c1-3-5-7-9-11-12-13-14-15-16-17-18-20-21-23-25-29(33)28(27-32)31-30(34)26-24-22-19-10-8-6-4-2/h28-29,32-33H,3-27H2,1-2H3,(H,31,34). The SMILES string of the molecule is CCCCCCCCCCCCCCCCCC(O)C(CO)NC(=O)CCCCCCCCC. The molecule has 0 aliphatic rings. The maximum Gasteiger partial charge on any atom is 0.220 e. The van der Waals surface area contributed by atoms with Crippen molar-refractivity contribution in [1.82, 2.24) is 5.32 Å². The van der Waals surface area contributed by atoms with Crippen molar-refractivity contribution in [2.24, 2.45) is 0 Å². The van der Waals surface area contributed by atoms with Crippen molar-refractivity contribution in [2.75, 3.05) is 6.61 Å². The molecule has 0 saturated heterocycles. The minimum atomic E-state index is -0.648. The number of unbranched alkanes of at least 4 members (excludes halogenated alkanes) is 20. The lowest BCUT2D eigenvalue weighted by Gasteiger charge is -2.22. The van der Waals surface area contributed by atoms with Gasteiger partial charge in [-0.25, -0.2) is 0 Å². The molecule has 2 atom stereocenters. The first-order chi connectivity index (χ1) is 16.7. The first-order valence-electron chi connectivity index (χ1n) is 15.2. The maximum atomic E-state index is 12.1. The summed E-state index contributed by atoms with van der Waals surface area (Å²) in [4.78, 5) is 12.1. The minimum Gasteiger partial charge on any atom is -0.394 e. The summed E-state index contributed by atoms with van der Waals surface area (Å²) in [5, 5.41) is 22.8. The molecule has 1 amide bonds. The van der Waals surface area contributed by atoms with E-state index in [1.165, 1.54) is 116 Å². The van der Waals surface area contributed by atoms with Crippen molar-refractivity contribution < 1.29 is 15.0 Å². The molecule has 4 nitrogen and oxygen atoms in total. The van der Waals surface area contributed by atoms with Crippen molar-refractivity contribution in [3.8, 4) is 0 Å². The van der Waals surface area contributed by atoms with Crippen LogP contribution in [0, 0.1) is 0 Å². The van der Waals surface area contributed by atoms with Crippen LogP contribution in [0.5, 0.6) is 0 Å². The van der Waals surface area contributed by atoms with Crippen molar-refractivity contribution in [3.63, 3.8) is 0 Å². The van der Waals surface area contributed by atoms with Crippen LogP contribution in [-0.4, -0.2) is 34.9 Å². The molecule has 3 N–H and O–H groups in total. The Labute approximate surface area is 213 Å². The average Bonchev–Trinajstić information content (AvgIpc) is 2.84. The van der Waals surface area contributed by atoms with Gasteiger partial charge in [-0.2, -0.15) is 0 Å². The number of hydrogen-bond acceptors (Lipinski definition) is 3. The van der Waals surface area contributed by atoms with E-state index in [9.17, 15) is 15.0 Å². The van der Waals surface area contributed by atoms with E-state index in [0.717, 1.165) is 25.7 Å². The third kappa shape index (κ3) is 23.1. The molecule has 204 valence electrons. The quantitative estimate of drug-likeness (QED) is 0.103. The molecule has 0 saturated carbocycles. The van der Waals surface area contributed by atoms with Crippen LogP contribution in [0.1, 0.15) is 168 Å². The molecule has 0 radical (unpaired) electrons. The molecule has 0 spiro atoms. The summed E-state index contributed by atoms with van der Waals surface area (Å²) >= 11 is 0. The van der Waals surface area contributed by atoms with E-state index >= 15 is 0 Å². The van der Waals surface area contributed by atoms with Gasteiger partial charge in [-0.3, -0.25) is 4.79 Å². The zero-order valence-electron chi connectivity index (χ0n) is 23.1. The van der Waals surface area contributed by atoms with Crippen LogP contribution in [0.3, 0.4) is 0 Å². The van der Waals surface area contributed by atoms with Crippen LogP contribution >= 0.6 is 0 Å². The number of amides is 1. The fourth-order valence-electron chi connectivity index (χ4n) is 4.71. The van der Waals surface area contributed by atoms with Crippen LogP contribution in [0.4, 0.5) is 0 Å². The van der Waals surface area contributed by atoms with Gasteiger partial charge in [-0.1, -0.05) is 149 Å². The highest BCUT2D eigenvalue weighted by atomic mass is 16.3. The summed E-state index contributed by atoms with van der Waals surface area (Å²) in [6.45, 7) is 4.30. The van der Waals surface area contributed by atoms with E-state index in [1.54, 1.807) is 0 Å². The van der Waals surface area contributed by atoms with Crippen molar-refractivity contribution >= 4 is 5.91 Å². The Morgan fingerprint density at radius 3 is 1.32 bits per heavy atom. The highest BCUT2D eigenvalue weighted by Crippen LogP contribution is 2.15. The second kappa shape index (κ2) is 27.0. The summed E-state index contributed by atoms with van der Waals surface area (Å²) < 4.78 is 0. The highest BCUT2D eigenvalue weighted by Gasteiger charge is 2.19. The van der Waals surface area contributed by atoms with Gasteiger partial charge in [0.15, 0.2) is 0 Å². The molecule has 0 aromatic heterocycles. The summed E-state index contributed by atoms with van der Waals surface area (Å²) in [5.41, 5.74) is 0. The molecule has 0 aliphatic carbocycles. The summed E-state index contributed by atoms with van der Waals surface area (Å²) in [5.74, 6) is -0.0387. The topological polar surface area (TPSA) is 69.6 Å². The molecule has 0 aliphatic heterocycles. The van der Waals surface area contributed by atoms with E-state index in [0.29, 0.717) is 12.8 Å². The Balaban J connectivity index is 3.54. The number of hydrogen-bond donors (Lipinski definition) is 3. The van der Waals surface area contributed by atoms with Gasteiger partial charge in [0.25, 0.3) is 0 Å². The lowest BCUT2D eigenvalue weighted by atomic mass is 10.0. The molecule has 0 fully saturated rings. The molecule has 4 heteroatoms. The van der Waals surface area contributed by atoms with Crippen LogP contribution in [0.2, 0.25) is 0 Å².